The Balaban J connectivity index is 0.00000380. The van der Waals surface area contributed by atoms with Crippen LogP contribution >= 0.6 is 24.8 Å². The molecule has 0 aliphatic heterocycles. The minimum Gasteiger partial charge on any atom is -0.478 e. The average molecular weight is 584 g/mol. The summed E-state index contributed by atoms with van der Waals surface area (Å²) in [5, 5.41) is 59.1. The van der Waals surface area contributed by atoms with Crippen LogP contribution in [0.2, 0.25) is 0 Å². The minimum atomic E-state index is -1.76. The lowest BCUT2D eigenvalue weighted by Gasteiger charge is -2.24. The van der Waals surface area contributed by atoms with Gasteiger partial charge in [0.05, 0.1) is 24.4 Å². The molecule has 0 saturated heterocycles. The summed E-state index contributed by atoms with van der Waals surface area (Å²) in [6.45, 7) is -1.14. The smallest absolute Gasteiger partial charge is 0.336 e. The van der Waals surface area contributed by atoms with E-state index in [0.29, 0.717) is 22.4 Å². The van der Waals surface area contributed by atoms with Gasteiger partial charge in [0.2, 0.25) is 0 Å². The predicted octanol–water partition coefficient (Wildman–Crippen LogP) is 0.0947. The quantitative estimate of drug-likeness (QED) is 0.115. The highest BCUT2D eigenvalue weighted by atomic mass is 35.5. The number of nitrogens with two attached hydrogens (primary N) is 3. The highest BCUT2D eigenvalue weighted by Gasteiger charge is 2.29. The molecule has 0 saturated carbocycles. The van der Waals surface area contributed by atoms with E-state index in [4.69, 9.17) is 22.3 Å². The highest BCUT2D eigenvalue weighted by molar-refractivity contribution is 6.02. The number of halogens is 2. The van der Waals surface area contributed by atoms with Gasteiger partial charge in [-0.25, -0.2) is 9.79 Å². The topological polar surface area (TPSA) is 241 Å². The number of carboxylic acids is 1. The van der Waals surface area contributed by atoms with E-state index < -0.39 is 37.0 Å². The molecule has 0 bridgehead atoms. The summed E-state index contributed by atoms with van der Waals surface area (Å²) in [5.41, 5.74) is 19.0. The van der Waals surface area contributed by atoms with Crippen LogP contribution in [0.15, 0.2) is 64.6 Å². The molecule has 12 nitrogen and oxygen atoms in total. The molecule has 0 aliphatic rings. The van der Waals surface area contributed by atoms with E-state index in [0.717, 1.165) is 10.8 Å². The van der Waals surface area contributed by atoms with Gasteiger partial charge in [-0.2, -0.15) is 0 Å². The molecule has 3 rings (SSSR count). The van der Waals surface area contributed by atoms with Crippen LogP contribution in [0.3, 0.4) is 0 Å². The van der Waals surface area contributed by atoms with Crippen LogP contribution in [0.5, 0.6) is 0 Å². The standard InChI is InChI=1S/C25H29N5O7.2ClH/c26-23(29-10-19(32)21(34)22(35)20(33)11-31)15-4-2-12-7-14(3-1-13(12)8-15)18-9-16(30-25(27)28)5-6-17(18)24(36)37;;/h1-9,19-22,31-35H,10-11H2,(H2,26,29)(H,36,37)(H4,27,28,30);2*1H/t19-,20+,21+,22+;;/m0../s1. The number of guanidine groups is 1. The van der Waals surface area contributed by atoms with Gasteiger partial charge in [-0.3, -0.25) is 4.99 Å². The average Bonchev–Trinajstić information content (AvgIpc) is 2.88. The Kier molecular flexibility index (Phi) is 12.6. The fourth-order valence-corrected chi connectivity index (χ4v) is 3.70. The summed E-state index contributed by atoms with van der Waals surface area (Å²) < 4.78 is 0. The Morgan fingerprint density at radius 1 is 0.821 bits per heavy atom. The summed E-state index contributed by atoms with van der Waals surface area (Å²) in [6.07, 6.45) is -6.64. The van der Waals surface area contributed by atoms with Crippen LogP contribution < -0.4 is 17.2 Å². The van der Waals surface area contributed by atoms with Crippen molar-refractivity contribution in [3.8, 4) is 11.1 Å². The van der Waals surface area contributed by atoms with Crippen molar-refractivity contribution in [2.75, 3.05) is 13.2 Å². The van der Waals surface area contributed by atoms with E-state index in [-0.39, 0.29) is 48.7 Å². The minimum absolute atomic E-state index is 0. The Labute approximate surface area is 235 Å². The SMILES string of the molecule is Cl.Cl.NC(N)=Nc1ccc(C(=O)O)c(-c2ccc3cc(C(N)=NC[C@H](O)[C@@H](O)[C@H](O)[C@H](O)CO)ccc3c2)c1. The Bertz CT molecular complexity index is 1350. The third-order valence-corrected chi connectivity index (χ3v) is 5.71. The molecule has 0 unspecified atom stereocenters. The molecule has 0 aromatic heterocycles. The van der Waals surface area contributed by atoms with Crippen molar-refractivity contribution >= 4 is 59.0 Å². The van der Waals surface area contributed by atoms with E-state index in [1.165, 1.54) is 12.1 Å². The van der Waals surface area contributed by atoms with E-state index in [1.54, 1.807) is 36.4 Å². The van der Waals surface area contributed by atoms with Crippen molar-refractivity contribution in [3.05, 3.63) is 65.7 Å². The predicted molar refractivity (Wildman–Crippen MR) is 153 cm³/mol. The number of aliphatic hydroxyl groups is 5. The van der Waals surface area contributed by atoms with Crippen LogP contribution in [0, 0.1) is 0 Å². The Hall–Kier alpha value is -3.49. The molecule has 0 radical (unpaired) electrons. The van der Waals surface area contributed by atoms with Crippen LogP contribution in [0.4, 0.5) is 5.69 Å². The molecule has 0 heterocycles. The first-order chi connectivity index (χ1) is 17.5. The van der Waals surface area contributed by atoms with Gasteiger partial charge in [-0.05, 0) is 52.2 Å². The lowest BCUT2D eigenvalue weighted by molar-refractivity contribution is -0.112. The van der Waals surface area contributed by atoms with Crippen molar-refractivity contribution in [2.24, 2.45) is 27.2 Å². The number of benzene rings is 3. The molecule has 212 valence electrons. The molecule has 0 spiro atoms. The number of amidine groups is 1. The van der Waals surface area contributed by atoms with Crippen LogP contribution in [-0.4, -0.2) is 86.0 Å². The number of aliphatic imine (C=N–C) groups is 2. The maximum absolute atomic E-state index is 11.8. The number of carbonyl (C=O) groups is 1. The number of hydrogen-bond donors (Lipinski definition) is 9. The molecule has 3 aromatic rings. The molecule has 39 heavy (non-hydrogen) atoms. The lowest BCUT2D eigenvalue weighted by atomic mass is 9.96. The fraction of sp³-hybridized carbons (Fsp3) is 0.240. The van der Waals surface area contributed by atoms with Gasteiger partial charge >= 0.3 is 5.97 Å². The zero-order valence-electron chi connectivity index (χ0n) is 20.5. The summed E-state index contributed by atoms with van der Waals surface area (Å²) >= 11 is 0. The molecule has 0 aliphatic carbocycles. The molecule has 0 fully saturated rings. The van der Waals surface area contributed by atoms with E-state index in [9.17, 15) is 30.3 Å². The van der Waals surface area contributed by atoms with Crippen molar-refractivity contribution in [1.29, 1.82) is 0 Å². The first-order valence-corrected chi connectivity index (χ1v) is 11.2. The highest BCUT2D eigenvalue weighted by Crippen LogP contribution is 2.31. The van der Waals surface area contributed by atoms with E-state index >= 15 is 0 Å². The first-order valence-electron chi connectivity index (χ1n) is 11.2. The maximum atomic E-state index is 11.8. The maximum Gasteiger partial charge on any atom is 0.336 e. The van der Waals surface area contributed by atoms with E-state index in [1.807, 2.05) is 6.07 Å². The fourth-order valence-electron chi connectivity index (χ4n) is 3.70. The summed E-state index contributed by atoms with van der Waals surface area (Å²) in [5.74, 6) is -1.19. The number of nitrogens with zero attached hydrogens (tertiary/aromatic N) is 2. The van der Waals surface area contributed by atoms with Gasteiger partial charge < -0.3 is 47.8 Å². The summed E-state index contributed by atoms with van der Waals surface area (Å²) in [7, 11) is 0. The molecule has 0 amide bonds. The molecular weight excluding hydrogens is 553 g/mol. The zero-order valence-corrected chi connectivity index (χ0v) is 22.1. The molecule has 12 N–H and O–H groups in total. The third kappa shape index (κ3) is 8.25. The van der Waals surface area contributed by atoms with Crippen LogP contribution in [0.25, 0.3) is 21.9 Å². The monoisotopic (exact) mass is 583 g/mol. The number of aromatic carboxylic acids is 1. The van der Waals surface area contributed by atoms with Crippen molar-refractivity contribution in [3.63, 3.8) is 0 Å². The van der Waals surface area contributed by atoms with Gasteiger partial charge in [-0.15, -0.1) is 24.8 Å². The Morgan fingerprint density at radius 2 is 1.44 bits per heavy atom. The van der Waals surface area contributed by atoms with Crippen molar-refractivity contribution in [1.82, 2.24) is 0 Å². The Morgan fingerprint density at radius 3 is 2.05 bits per heavy atom. The number of rotatable bonds is 10. The first kappa shape index (κ1) is 33.5. The van der Waals surface area contributed by atoms with Gasteiger partial charge in [0.1, 0.15) is 30.3 Å². The van der Waals surface area contributed by atoms with Gasteiger partial charge in [-0.1, -0.05) is 24.3 Å². The second-order valence-corrected chi connectivity index (χ2v) is 8.37. The molecule has 4 atom stereocenters. The van der Waals surface area contributed by atoms with Crippen LogP contribution in [0.1, 0.15) is 15.9 Å². The molecule has 14 heteroatoms. The number of hydrogen-bond acceptors (Lipinski definition) is 8. The van der Waals surface area contributed by atoms with Gasteiger partial charge in [0.25, 0.3) is 0 Å². The van der Waals surface area contributed by atoms with E-state index in [2.05, 4.69) is 9.98 Å². The molecule has 3 aromatic carbocycles. The third-order valence-electron chi connectivity index (χ3n) is 5.71. The van der Waals surface area contributed by atoms with Crippen LogP contribution in [-0.2, 0) is 0 Å². The number of fused-ring (bicyclic) bond motifs is 1. The number of carboxylic acid groups (broad SMARTS) is 1. The largest absolute Gasteiger partial charge is 0.478 e. The summed E-state index contributed by atoms with van der Waals surface area (Å²) in [6, 6.07) is 15.1. The number of aliphatic hydroxyl groups excluding tert-OH is 5. The second-order valence-electron chi connectivity index (χ2n) is 8.37. The summed E-state index contributed by atoms with van der Waals surface area (Å²) in [4.78, 5) is 19.8. The van der Waals surface area contributed by atoms with Crippen molar-refractivity contribution < 1.29 is 35.4 Å². The lowest BCUT2D eigenvalue weighted by Crippen LogP contribution is -2.47. The second kappa shape index (κ2) is 14.6. The van der Waals surface area contributed by atoms with Gasteiger partial charge in [0, 0.05) is 5.56 Å². The zero-order chi connectivity index (χ0) is 27.3. The normalized spacial score (nSPS) is 14.3. The van der Waals surface area contributed by atoms with Crippen molar-refractivity contribution in [2.45, 2.75) is 24.4 Å². The molecular formula is C25H31Cl2N5O7. The van der Waals surface area contributed by atoms with Gasteiger partial charge in [0.15, 0.2) is 5.96 Å².